The number of aromatic nitrogens is 4. The molecule has 0 amide bonds. The predicted octanol–water partition coefficient (Wildman–Crippen LogP) is 6.47. The van der Waals surface area contributed by atoms with E-state index in [1.807, 2.05) is 41.1 Å². The van der Waals surface area contributed by atoms with Gasteiger partial charge >= 0.3 is 0 Å². The van der Waals surface area contributed by atoms with Crippen molar-refractivity contribution in [2.45, 2.75) is 51.9 Å². The number of tetrazole rings is 1. The van der Waals surface area contributed by atoms with Gasteiger partial charge in [0.2, 0.25) is 0 Å². The van der Waals surface area contributed by atoms with E-state index in [0.29, 0.717) is 19.6 Å². The summed E-state index contributed by atoms with van der Waals surface area (Å²) in [6, 6.07) is 24.9. The van der Waals surface area contributed by atoms with Crippen LogP contribution in [0.1, 0.15) is 60.0 Å². The van der Waals surface area contributed by atoms with E-state index in [1.54, 1.807) is 24.7 Å². The summed E-state index contributed by atoms with van der Waals surface area (Å²) in [5, 5.41) is 15.1. The molecule has 3 aromatic heterocycles. The van der Waals surface area contributed by atoms with Gasteiger partial charge in [-0.1, -0.05) is 63.2 Å². The molecule has 0 N–H and O–H groups in total. The lowest BCUT2D eigenvalue weighted by atomic mass is 9.86. The van der Waals surface area contributed by atoms with Crippen LogP contribution >= 0.6 is 11.3 Å². The van der Waals surface area contributed by atoms with Crippen molar-refractivity contribution in [3.63, 3.8) is 0 Å². The number of thiophene rings is 1. The first-order valence-corrected chi connectivity index (χ1v) is 13.6. The maximum absolute atomic E-state index is 5.79. The Morgan fingerprint density at radius 1 is 0.947 bits per heavy atom. The lowest BCUT2D eigenvalue weighted by Gasteiger charge is -2.30. The van der Waals surface area contributed by atoms with Gasteiger partial charge in [0.1, 0.15) is 17.6 Å². The number of benzene rings is 2. The Hall–Kier alpha value is -3.75. The summed E-state index contributed by atoms with van der Waals surface area (Å²) >= 11 is 1.71. The van der Waals surface area contributed by atoms with Crippen LogP contribution in [0.15, 0.2) is 88.9 Å². The molecule has 1 unspecified atom stereocenters. The molecule has 0 aliphatic carbocycles. The van der Waals surface area contributed by atoms with Crippen molar-refractivity contribution in [2.75, 3.05) is 7.11 Å². The van der Waals surface area contributed by atoms with Gasteiger partial charge in [0.05, 0.1) is 26.5 Å². The van der Waals surface area contributed by atoms with Gasteiger partial charge in [-0.3, -0.25) is 4.90 Å². The molecular formula is C30H33N5O2S. The molecule has 0 aliphatic heterocycles. The summed E-state index contributed by atoms with van der Waals surface area (Å²) in [5.41, 5.74) is 3.74. The zero-order chi connectivity index (χ0) is 26.5. The summed E-state index contributed by atoms with van der Waals surface area (Å²) in [6.07, 6.45) is 1.72. The molecule has 1 atom stereocenters. The van der Waals surface area contributed by atoms with E-state index in [9.17, 15) is 0 Å². The smallest absolute Gasteiger partial charge is 0.174 e. The highest BCUT2D eigenvalue weighted by atomic mass is 32.1. The van der Waals surface area contributed by atoms with Crippen molar-refractivity contribution >= 4 is 11.3 Å². The van der Waals surface area contributed by atoms with E-state index in [2.05, 4.69) is 83.0 Å². The van der Waals surface area contributed by atoms with Crippen molar-refractivity contribution in [3.05, 3.63) is 118 Å². The van der Waals surface area contributed by atoms with Crippen molar-refractivity contribution in [3.8, 4) is 5.75 Å². The number of rotatable bonds is 10. The molecule has 0 saturated heterocycles. The average molecular weight is 528 g/mol. The molecule has 8 heteroatoms. The third-order valence-electron chi connectivity index (χ3n) is 6.62. The highest BCUT2D eigenvalue weighted by molar-refractivity contribution is 7.10. The van der Waals surface area contributed by atoms with E-state index >= 15 is 0 Å². The molecule has 7 nitrogen and oxygen atoms in total. The summed E-state index contributed by atoms with van der Waals surface area (Å²) in [7, 11) is 1.67. The van der Waals surface area contributed by atoms with Gasteiger partial charge in [0.15, 0.2) is 5.82 Å². The van der Waals surface area contributed by atoms with E-state index < -0.39 is 0 Å². The van der Waals surface area contributed by atoms with Gasteiger partial charge in [0, 0.05) is 11.4 Å². The monoisotopic (exact) mass is 527 g/mol. The molecule has 0 bridgehead atoms. The molecule has 0 saturated carbocycles. The lowest BCUT2D eigenvalue weighted by molar-refractivity contribution is 0.182. The van der Waals surface area contributed by atoms with E-state index in [4.69, 9.17) is 9.15 Å². The molecule has 3 heterocycles. The Morgan fingerprint density at radius 2 is 1.71 bits per heavy atom. The van der Waals surface area contributed by atoms with Crippen LogP contribution in [-0.4, -0.2) is 32.2 Å². The van der Waals surface area contributed by atoms with E-state index in [0.717, 1.165) is 22.9 Å². The zero-order valence-electron chi connectivity index (χ0n) is 22.2. The largest absolute Gasteiger partial charge is 0.497 e. The first kappa shape index (κ1) is 25.9. The summed E-state index contributed by atoms with van der Waals surface area (Å²) in [6.45, 7) is 8.60. The molecule has 196 valence electrons. The van der Waals surface area contributed by atoms with Crippen LogP contribution in [0.2, 0.25) is 0 Å². The Bertz CT molecular complexity index is 1400. The molecule has 0 spiro atoms. The van der Waals surface area contributed by atoms with E-state index in [-0.39, 0.29) is 11.5 Å². The molecule has 0 radical (unpaired) electrons. The molecule has 38 heavy (non-hydrogen) atoms. The lowest BCUT2D eigenvalue weighted by Crippen LogP contribution is -2.31. The molecule has 0 aliphatic rings. The topological polar surface area (TPSA) is 69.2 Å². The van der Waals surface area contributed by atoms with Crippen LogP contribution < -0.4 is 4.74 Å². The van der Waals surface area contributed by atoms with Crippen LogP contribution in [0.3, 0.4) is 0 Å². The summed E-state index contributed by atoms with van der Waals surface area (Å²) in [4.78, 5) is 3.56. The first-order valence-electron chi connectivity index (χ1n) is 12.7. The van der Waals surface area contributed by atoms with Crippen LogP contribution in [-0.2, 0) is 25.0 Å². The minimum atomic E-state index is -0.157. The highest BCUT2D eigenvalue weighted by Crippen LogP contribution is 2.34. The van der Waals surface area contributed by atoms with Crippen molar-refractivity contribution in [1.82, 2.24) is 25.1 Å². The molecule has 0 fully saturated rings. The quantitative estimate of drug-likeness (QED) is 0.207. The molecular weight excluding hydrogens is 494 g/mol. The van der Waals surface area contributed by atoms with Gasteiger partial charge in [0.25, 0.3) is 0 Å². The minimum Gasteiger partial charge on any atom is -0.497 e. The molecule has 5 aromatic rings. The predicted molar refractivity (Wildman–Crippen MR) is 149 cm³/mol. The fourth-order valence-electron chi connectivity index (χ4n) is 4.53. The Morgan fingerprint density at radius 3 is 2.34 bits per heavy atom. The second kappa shape index (κ2) is 11.3. The number of hydrogen-bond acceptors (Lipinski definition) is 7. The first-order chi connectivity index (χ1) is 18.4. The standard InChI is InChI=1S/C30H33N5O2S/c1-30(2,3)24-13-9-22(10-14-24)19-34(21-26-7-5-17-37-26)28(27-8-6-18-38-27)29-31-32-33-35(29)20-23-11-15-25(36-4)16-12-23/h5-18,28H,19-21H2,1-4H3. The van der Waals surface area contributed by atoms with Crippen LogP contribution in [0.4, 0.5) is 0 Å². The Kier molecular flexibility index (Phi) is 7.72. The normalized spacial score (nSPS) is 12.7. The fourth-order valence-corrected chi connectivity index (χ4v) is 5.38. The number of nitrogens with zero attached hydrogens (tertiary/aromatic N) is 5. The van der Waals surface area contributed by atoms with Crippen molar-refractivity contribution in [2.24, 2.45) is 0 Å². The molecule has 5 rings (SSSR count). The van der Waals surface area contributed by atoms with Crippen LogP contribution in [0, 0.1) is 0 Å². The van der Waals surface area contributed by atoms with Gasteiger partial charge in [-0.25, -0.2) is 4.68 Å². The second-order valence-electron chi connectivity index (χ2n) is 10.4. The second-order valence-corrected chi connectivity index (χ2v) is 11.4. The summed E-state index contributed by atoms with van der Waals surface area (Å²) < 4.78 is 13.0. The van der Waals surface area contributed by atoms with Gasteiger partial charge in [-0.05, 0) is 68.2 Å². The number of hydrogen-bond donors (Lipinski definition) is 0. The third-order valence-corrected chi connectivity index (χ3v) is 7.54. The van der Waals surface area contributed by atoms with E-state index in [1.165, 1.54) is 16.0 Å². The maximum atomic E-state index is 5.79. The SMILES string of the molecule is COc1ccc(Cn2nnnc2C(c2cccs2)N(Cc2ccc(C(C)(C)C)cc2)Cc2ccco2)cc1. The summed E-state index contributed by atoms with van der Waals surface area (Å²) in [5.74, 6) is 2.51. The van der Waals surface area contributed by atoms with Crippen LogP contribution in [0.25, 0.3) is 0 Å². The zero-order valence-corrected chi connectivity index (χ0v) is 23.1. The minimum absolute atomic E-state index is 0.107. The highest BCUT2D eigenvalue weighted by Gasteiger charge is 2.30. The molecule has 2 aromatic carbocycles. The van der Waals surface area contributed by atoms with Gasteiger partial charge in [-0.15, -0.1) is 16.4 Å². The van der Waals surface area contributed by atoms with Gasteiger partial charge < -0.3 is 9.15 Å². The average Bonchev–Trinajstić information content (AvgIpc) is 3.69. The third kappa shape index (κ3) is 6.03. The van der Waals surface area contributed by atoms with Crippen molar-refractivity contribution in [1.29, 1.82) is 0 Å². The Balaban J connectivity index is 1.51. The number of ether oxygens (including phenoxy) is 1. The number of methoxy groups -OCH3 is 1. The van der Waals surface area contributed by atoms with Crippen LogP contribution in [0.5, 0.6) is 5.75 Å². The maximum Gasteiger partial charge on any atom is 0.174 e. The van der Waals surface area contributed by atoms with Gasteiger partial charge in [-0.2, -0.15) is 0 Å². The number of furan rings is 1. The van der Waals surface area contributed by atoms with Crippen molar-refractivity contribution < 1.29 is 9.15 Å². The fraction of sp³-hybridized carbons (Fsp3) is 0.300. The Labute approximate surface area is 227 Å².